The summed E-state index contributed by atoms with van der Waals surface area (Å²) >= 11 is 3.46. The normalized spacial score (nSPS) is 17.6. The first-order valence-corrected chi connectivity index (χ1v) is 5.83. The van der Waals surface area contributed by atoms with Crippen LogP contribution in [0.4, 0.5) is 4.79 Å². The summed E-state index contributed by atoms with van der Waals surface area (Å²) in [7, 11) is 0. The highest BCUT2D eigenvalue weighted by atomic mass is 79.9. The molecule has 0 fully saturated rings. The van der Waals surface area contributed by atoms with Crippen LogP contribution < -0.4 is 0 Å². The van der Waals surface area contributed by atoms with E-state index in [9.17, 15) is 4.79 Å². The predicted octanol–water partition coefficient (Wildman–Crippen LogP) is 3.64. The number of halogens is 1. The molecule has 16 heavy (non-hydrogen) atoms. The summed E-state index contributed by atoms with van der Waals surface area (Å²) in [5.74, 6) is 0. The van der Waals surface area contributed by atoms with Gasteiger partial charge in [0.25, 0.3) is 0 Å². The van der Waals surface area contributed by atoms with Gasteiger partial charge in [0.2, 0.25) is 0 Å². The molecule has 0 spiro atoms. The Morgan fingerprint density at radius 1 is 1.38 bits per heavy atom. The van der Waals surface area contributed by atoms with E-state index in [4.69, 9.17) is 4.74 Å². The number of benzene rings is 1. The predicted molar refractivity (Wildman–Crippen MR) is 64.5 cm³/mol. The molecule has 0 bridgehead atoms. The Balaban J connectivity index is 2.53. The van der Waals surface area contributed by atoms with Crippen molar-refractivity contribution in [3.8, 4) is 0 Å². The van der Waals surface area contributed by atoms with E-state index in [1.807, 2.05) is 32.0 Å². The molecule has 1 aromatic carbocycles. The number of hydrogen-bond donors (Lipinski definition) is 0. The van der Waals surface area contributed by atoms with Crippen molar-refractivity contribution in [2.45, 2.75) is 19.4 Å². The van der Waals surface area contributed by atoms with Crippen LogP contribution in [0.3, 0.4) is 0 Å². The van der Waals surface area contributed by atoms with Gasteiger partial charge in [-0.25, -0.2) is 4.79 Å². The van der Waals surface area contributed by atoms with Gasteiger partial charge in [-0.05, 0) is 29.8 Å². The molecule has 0 saturated heterocycles. The van der Waals surface area contributed by atoms with Gasteiger partial charge in [-0.15, -0.1) is 0 Å². The summed E-state index contributed by atoms with van der Waals surface area (Å²) < 4.78 is 7.88. The molecule has 0 saturated carbocycles. The molecule has 0 atom stereocenters. The maximum atomic E-state index is 11.8. The van der Waals surface area contributed by atoms with Crippen molar-refractivity contribution >= 4 is 32.9 Å². The zero-order valence-corrected chi connectivity index (χ0v) is 10.5. The molecule has 0 N–H and O–H groups in total. The monoisotopic (exact) mass is 279 g/mol. The average molecular weight is 280 g/mol. The number of para-hydroxylation sites is 1. The topological polar surface area (TPSA) is 31.2 Å². The number of nitrogens with zero attached hydrogens (tertiary/aromatic N) is 1. The van der Waals surface area contributed by atoms with Crippen LogP contribution in [0.15, 0.2) is 28.9 Å². The maximum Gasteiger partial charge on any atom is 0.419 e. The maximum absolute atomic E-state index is 11.8. The molecule has 0 unspecified atom stereocenters. The third-order valence-electron chi connectivity index (χ3n) is 2.96. The van der Waals surface area contributed by atoms with Crippen molar-refractivity contribution in [1.82, 2.24) is 4.57 Å². The first kappa shape index (κ1) is 9.90. The van der Waals surface area contributed by atoms with Crippen molar-refractivity contribution in [3.05, 3.63) is 34.4 Å². The second kappa shape index (κ2) is 2.88. The second-order valence-corrected chi connectivity index (χ2v) is 5.28. The van der Waals surface area contributed by atoms with E-state index in [2.05, 4.69) is 15.9 Å². The van der Waals surface area contributed by atoms with Crippen molar-refractivity contribution in [1.29, 1.82) is 0 Å². The van der Waals surface area contributed by atoms with Crippen molar-refractivity contribution in [3.63, 3.8) is 0 Å². The Kier molecular flexibility index (Phi) is 1.79. The highest BCUT2D eigenvalue weighted by Gasteiger charge is 2.35. The summed E-state index contributed by atoms with van der Waals surface area (Å²) in [6.07, 6.45) is 1.44. The lowest BCUT2D eigenvalue weighted by molar-refractivity contribution is 0.0331. The molecular weight excluding hydrogens is 270 g/mol. The molecule has 1 aromatic heterocycles. The minimum absolute atomic E-state index is 0.320. The second-order valence-electron chi connectivity index (χ2n) is 4.43. The molecule has 3 rings (SSSR count). The Bertz CT molecular complexity index is 613. The molecule has 0 aliphatic carbocycles. The van der Waals surface area contributed by atoms with Gasteiger partial charge in [0.15, 0.2) is 0 Å². The SMILES string of the molecule is CC1(C)OC(=O)n2cc(Br)c3cccc1c32. The van der Waals surface area contributed by atoms with Gasteiger partial charge in [0.1, 0.15) is 5.60 Å². The number of ether oxygens (including phenoxy) is 1. The number of hydrogen-bond acceptors (Lipinski definition) is 2. The number of aromatic nitrogens is 1. The minimum atomic E-state index is -0.565. The van der Waals surface area contributed by atoms with Gasteiger partial charge in [-0.2, -0.15) is 0 Å². The zero-order chi connectivity index (χ0) is 11.5. The first-order valence-electron chi connectivity index (χ1n) is 5.04. The summed E-state index contributed by atoms with van der Waals surface area (Å²) in [6, 6.07) is 5.97. The number of rotatable bonds is 0. The number of carbonyl (C=O) groups is 1. The lowest BCUT2D eigenvalue weighted by Gasteiger charge is -2.30. The zero-order valence-electron chi connectivity index (χ0n) is 8.95. The fraction of sp³-hybridized carbons (Fsp3) is 0.250. The fourth-order valence-corrected chi connectivity index (χ4v) is 2.72. The van der Waals surface area contributed by atoms with Gasteiger partial charge >= 0.3 is 6.09 Å². The first-order chi connectivity index (χ1) is 7.50. The molecule has 1 aliphatic heterocycles. The summed E-state index contributed by atoms with van der Waals surface area (Å²) in [4.78, 5) is 11.8. The van der Waals surface area contributed by atoms with E-state index in [-0.39, 0.29) is 6.09 Å². The molecule has 4 heteroatoms. The van der Waals surface area contributed by atoms with Gasteiger partial charge in [-0.3, -0.25) is 4.57 Å². The number of cyclic esters (lactones) is 1. The van der Waals surface area contributed by atoms with Crippen molar-refractivity contribution in [2.24, 2.45) is 0 Å². The average Bonchev–Trinajstić information content (AvgIpc) is 2.54. The smallest absolute Gasteiger partial charge is 0.419 e. The Labute approximate surface area is 101 Å². The Hall–Kier alpha value is -1.29. The summed E-state index contributed by atoms with van der Waals surface area (Å²) in [5, 5.41) is 1.04. The van der Waals surface area contributed by atoms with Gasteiger partial charge in [0, 0.05) is 21.6 Å². The number of carbonyl (C=O) groups excluding carboxylic acids is 1. The van der Waals surface area contributed by atoms with Crippen LogP contribution in [0, 0.1) is 0 Å². The van der Waals surface area contributed by atoms with Crippen molar-refractivity contribution < 1.29 is 9.53 Å². The molecule has 2 aromatic rings. The van der Waals surface area contributed by atoms with Gasteiger partial charge < -0.3 is 4.74 Å². The fourth-order valence-electron chi connectivity index (χ4n) is 2.20. The highest BCUT2D eigenvalue weighted by Crippen LogP contribution is 2.39. The van der Waals surface area contributed by atoms with Gasteiger partial charge in [0.05, 0.1) is 5.52 Å². The lowest BCUT2D eigenvalue weighted by atomic mass is 9.95. The van der Waals surface area contributed by atoms with E-state index < -0.39 is 5.60 Å². The van der Waals surface area contributed by atoms with Crippen LogP contribution in [0.25, 0.3) is 10.9 Å². The molecule has 0 amide bonds. The molecule has 1 aliphatic rings. The summed E-state index contributed by atoms with van der Waals surface area (Å²) in [5.41, 5.74) is 1.41. The van der Waals surface area contributed by atoms with Crippen LogP contribution >= 0.6 is 15.9 Å². The third kappa shape index (κ3) is 1.11. The standard InChI is InChI=1S/C12H10BrNO2/c1-12(2)8-5-3-4-7-9(13)6-14(10(7)8)11(15)16-12/h3-6H,1-2H3. The van der Waals surface area contributed by atoms with Crippen LogP contribution in [0.5, 0.6) is 0 Å². The minimum Gasteiger partial charge on any atom is -0.438 e. The molecule has 3 nitrogen and oxygen atoms in total. The molecule has 2 heterocycles. The molecular formula is C12H10BrNO2. The molecule has 82 valence electrons. The van der Waals surface area contributed by atoms with Crippen molar-refractivity contribution in [2.75, 3.05) is 0 Å². The van der Waals surface area contributed by atoms with Crippen LogP contribution in [-0.4, -0.2) is 10.7 Å². The Morgan fingerprint density at radius 3 is 2.88 bits per heavy atom. The summed E-state index contributed by atoms with van der Waals surface area (Å²) in [6.45, 7) is 3.81. The lowest BCUT2D eigenvalue weighted by Crippen LogP contribution is -2.33. The largest absolute Gasteiger partial charge is 0.438 e. The van der Waals surface area contributed by atoms with E-state index in [1.165, 1.54) is 0 Å². The van der Waals surface area contributed by atoms with E-state index >= 15 is 0 Å². The van der Waals surface area contributed by atoms with Crippen LogP contribution in [0.2, 0.25) is 0 Å². The van der Waals surface area contributed by atoms with E-state index in [0.29, 0.717) is 0 Å². The van der Waals surface area contributed by atoms with E-state index in [1.54, 1.807) is 10.8 Å². The van der Waals surface area contributed by atoms with Gasteiger partial charge in [-0.1, -0.05) is 18.2 Å². The van der Waals surface area contributed by atoms with Crippen LogP contribution in [-0.2, 0) is 10.3 Å². The van der Waals surface area contributed by atoms with E-state index in [0.717, 1.165) is 20.9 Å². The quantitative estimate of drug-likeness (QED) is 0.737. The third-order valence-corrected chi connectivity index (χ3v) is 3.60. The highest BCUT2D eigenvalue weighted by molar-refractivity contribution is 9.10. The van der Waals surface area contributed by atoms with Crippen LogP contribution in [0.1, 0.15) is 19.4 Å². The molecule has 0 radical (unpaired) electrons. The Morgan fingerprint density at radius 2 is 2.12 bits per heavy atom.